The molecule has 3 N–H and O–H groups in total. The highest BCUT2D eigenvalue weighted by Gasteiger charge is 2.64. The maximum atomic E-state index is 13.7. The van der Waals surface area contributed by atoms with Gasteiger partial charge in [0.05, 0.1) is 6.10 Å². The van der Waals surface area contributed by atoms with Crippen molar-refractivity contribution in [1.82, 2.24) is 5.32 Å². The van der Waals surface area contributed by atoms with Crippen LogP contribution in [0.1, 0.15) is 39.7 Å². The van der Waals surface area contributed by atoms with Crippen LogP contribution in [0.5, 0.6) is 5.75 Å². The molecule has 0 bridgehead atoms. The Bertz CT molecular complexity index is 1030. The van der Waals surface area contributed by atoms with Gasteiger partial charge >= 0.3 is 5.97 Å². The molecule has 0 saturated carbocycles. The Hall–Kier alpha value is -2.86. The summed E-state index contributed by atoms with van der Waals surface area (Å²) in [7, 11) is 0. The molecule has 2 heterocycles. The number of rotatable bonds is 2. The Morgan fingerprint density at radius 2 is 1.82 bits per heavy atom. The Labute approximate surface area is 201 Å². The summed E-state index contributed by atoms with van der Waals surface area (Å²) < 4.78 is 6.11. The van der Waals surface area contributed by atoms with Crippen molar-refractivity contribution in [1.29, 1.82) is 0 Å². The highest BCUT2D eigenvalue weighted by molar-refractivity contribution is 5.94. The number of nitrogens with one attached hydrogen (secondary N) is 1. The van der Waals surface area contributed by atoms with Crippen molar-refractivity contribution >= 4 is 11.9 Å². The monoisotopic (exact) mass is 465 g/mol. The molecular weight excluding hydrogens is 430 g/mol. The summed E-state index contributed by atoms with van der Waals surface area (Å²) in [5.41, 5.74) is 0.799. The first-order chi connectivity index (χ1) is 16.1. The highest BCUT2D eigenvalue weighted by Crippen LogP contribution is 2.50. The largest absolute Gasteiger partial charge is 0.508 e. The molecule has 182 valence electrons. The minimum absolute atomic E-state index is 0.00494. The van der Waals surface area contributed by atoms with Gasteiger partial charge in [-0.05, 0) is 49.3 Å². The van der Waals surface area contributed by atoms with Crippen LogP contribution in [0.2, 0.25) is 0 Å². The molecule has 4 rings (SSSR count). The Kier molecular flexibility index (Phi) is 6.72. The number of amides is 1. The van der Waals surface area contributed by atoms with E-state index in [-0.39, 0.29) is 41.4 Å². The summed E-state index contributed by atoms with van der Waals surface area (Å²) in [5.74, 6) is -1.50. The zero-order chi connectivity index (χ0) is 24.6. The second kappa shape index (κ2) is 9.41. The Balaban J connectivity index is 1.76. The minimum atomic E-state index is -1.34. The van der Waals surface area contributed by atoms with Gasteiger partial charge in [-0.15, -0.1) is 0 Å². The molecule has 1 amide bonds. The van der Waals surface area contributed by atoms with Crippen molar-refractivity contribution in [3.63, 3.8) is 0 Å². The predicted octanol–water partition coefficient (Wildman–Crippen LogP) is 3.69. The summed E-state index contributed by atoms with van der Waals surface area (Å²) in [5, 5.41) is 23.4. The number of hydrogen-bond donors (Lipinski definition) is 3. The Morgan fingerprint density at radius 1 is 1.12 bits per heavy atom. The van der Waals surface area contributed by atoms with Crippen molar-refractivity contribution in [2.75, 3.05) is 0 Å². The van der Waals surface area contributed by atoms with Gasteiger partial charge in [0.15, 0.2) is 0 Å². The van der Waals surface area contributed by atoms with Crippen molar-refractivity contribution in [2.45, 2.75) is 58.3 Å². The van der Waals surface area contributed by atoms with Crippen LogP contribution in [0.4, 0.5) is 0 Å². The maximum Gasteiger partial charge on any atom is 0.331 e. The summed E-state index contributed by atoms with van der Waals surface area (Å²) in [6.07, 6.45) is 9.69. The molecule has 1 fully saturated rings. The SMILES string of the molecule is CC1=C[C@@H]2/C=C\C[C@H](C)[C@H](O)[C@H](C)/C=C\C(=O)O[C@]23C(=O)N[C@@H](Cc2ccc(O)cc2)[C@@H]3[C@@H]1C. The van der Waals surface area contributed by atoms with E-state index in [0.717, 1.165) is 11.1 Å². The number of hydrogen-bond acceptors (Lipinski definition) is 5. The standard InChI is InChI=1S/C28H35NO5/c1-16-6-5-7-21-14-18(3)19(4)25-23(15-20-9-11-22(30)12-10-20)29-27(33)28(21,25)34-24(31)13-8-17(2)26(16)32/h5,7-14,16-17,19,21,23,25-26,30,32H,6,15H2,1-4H3,(H,29,33)/b7-5-,13-8-/t16-,17+,19+,21-,23-,25-,26-,28+/m0/s1. The van der Waals surface area contributed by atoms with Crippen LogP contribution >= 0.6 is 0 Å². The average molecular weight is 466 g/mol. The lowest BCUT2D eigenvalue weighted by Crippen LogP contribution is -2.56. The molecule has 1 aromatic carbocycles. The zero-order valence-corrected chi connectivity index (χ0v) is 20.3. The van der Waals surface area contributed by atoms with Gasteiger partial charge in [-0.2, -0.15) is 0 Å². The first-order valence-electron chi connectivity index (χ1n) is 12.2. The molecule has 1 saturated heterocycles. The third kappa shape index (κ3) is 4.31. The number of carbonyl (C=O) groups is 2. The normalized spacial score (nSPS) is 39.9. The second-order valence-corrected chi connectivity index (χ2v) is 10.3. The summed E-state index contributed by atoms with van der Waals surface area (Å²) in [6, 6.07) is 6.75. The van der Waals surface area contributed by atoms with Crippen LogP contribution in [0, 0.1) is 29.6 Å². The molecule has 34 heavy (non-hydrogen) atoms. The van der Waals surface area contributed by atoms with Gasteiger partial charge in [-0.1, -0.05) is 62.8 Å². The Morgan fingerprint density at radius 3 is 2.53 bits per heavy atom. The number of phenols is 1. The van der Waals surface area contributed by atoms with Crippen molar-refractivity contribution in [3.8, 4) is 5.75 Å². The van der Waals surface area contributed by atoms with Gasteiger partial charge in [-0.25, -0.2) is 4.79 Å². The molecule has 2 aliphatic heterocycles. The summed E-state index contributed by atoms with van der Waals surface area (Å²) >= 11 is 0. The summed E-state index contributed by atoms with van der Waals surface area (Å²) in [4.78, 5) is 26.7. The van der Waals surface area contributed by atoms with Crippen molar-refractivity contribution in [2.24, 2.45) is 29.6 Å². The lowest BCUT2D eigenvalue weighted by Gasteiger charge is -2.44. The van der Waals surface area contributed by atoms with E-state index in [0.29, 0.717) is 12.8 Å². The molecule has 8 atom stereocenters. The molecule has 0 unspecified atom stereocenters. The fourth-order valence-electron chi connectivity index (χ4n) is 5.84. The number of aliphatic hydroxyl groups is 1. The molecule has 6 heteroatoms. The van der Waals surface area contributed by atoms with E-state index in [1.54, 1.807) is 18.2 Å². The number of ether oxygens (including phenoxy) is 1. The fourth-order valence-corrected chi connectivity index (χ4v) is 5.84. The summed E-state index contributed by atoms with van der Waals surface area (Å²) in [6.45, 7) is 8.01. The van der Waals surface area contributed by atoms with Crippen LogP contribution in [0.3, 0.4) is 0 Å². The lowest BCUT2D eigenvalue weighted by atomic mass is 9.63. The van der Waals surface area contributed by atoms with Gasteiger partial charge in [0, 0.05) is 29.9 Å². The van der Waals surface area contributed by atoms with Gasteiger partial charge in [0.1, 0.15) is 5.75 Å². The molecule has 1 aliphatic carbocycles. The zero-order valence-electron chi connectivity index (χ0n) is 20.3. The van der Waals surface area contributed by atoms with Gasteiger partial charge in [0.2, 0.25) is 5.60 Å². The van der Waals surface area contributed by atoms with Gasteiger partial charge in [0.25, 0.3) is 5.91 Å². The minimum Gasteiger partial charge on any atom is -0.508 e. The number of esters is 1. The van der Waals surface area contributed by atoms with Gasteiger partial charge < -0.3 is 20.3 Å². The van der Waals surface area contributed by atoms with Crippen LogP contribution in [-0.4, -0.2) is 39.8 Å². The van der Waals surface area contributed by atoms with E-state index in [1.807, 2.05) is 44.2 Å². The third-order valence-corrected chi connectivity index (χ3v) is 7.96. The van der Waals surface area contributed by atoms with E-state index in [9.17, 15) is 19.8 Å². The number of aromatic hydroxyl groups is 1. The second-order valence-electron chi connectivity index (χ2n) is 10.3. The number of benzene rings is 1. The first-order valence-corrected chi connectivity index (χ1v) is 12.2. The van der Waals surface area contributed by atoms with Crippen LogP contribution in [0.25, 0.3) is 0 Å². The quantitative estimate of drug-likeness (QED) is 0.457. The maximum absolute atomic E-state index is 13.7. The third-order valence-electron chi connectivity index (χ3n) is 7.96. The molecule has 1 aromatic rings. The molecular formula is C28H35NO5. The number of aliphatic hydroxyl groups excluding tert-OH is 1. The van der Waals surface area contributed by atoms with E-state index in [2.05, 4.69) is 19.2 Å². The average Bonchev–Trinajstić information content (AvgIpc) is 3.07. The lowest BCUT2D eigenvalue weighted by molar-refractivity contribution is -0.172. The fraction of sp³-hybridized carbons (Fsp3) is 0.500. The van der Waals surface area contributed by atoms with E-state index >= 15 is 0 Å². The smallest absolute Gasteiger partial charge is 0.331 e. The molecule has 0 aromatic heterocycles. The van der Waals surface area contributed by atoms with Crippen molar-refractivity contribution < 1.29 is 24.5 Å². The van der Waals surface area contributed by atoms with Crippen LogP contribution < -0.4 is 5.32 Å². The van der Waals surface area contributed by atoms with E-state index in [1.165, 1.54) is 6.08 Å². The molecule has 0 radical (unpaired) electrons. The van der Waals surface area contributed by atoms with E-state index < -0.39 is 23.6 Å². The molecule has 3 aliphatic rings. The molecule has 1 spiro atoms. The van der Waals surface area contributed by atoms with Crippen LogP contribution in [-0.2, 0) is 20.7 Å². The number of phenolic OH excluding ortho intramolecular Hbond substituents is 1. The van der Waals surface area contributed by atoms with E-state index in [4.69, 9.17) is 4.74 Å². The van der Waals surface area contributed by atoms with Crippen molar-refractivity contribution in [3.05, 3.63) is 65.8 Å². The number of carbonyl (C=O) groups excluding carboxylic acids is 2. The molecule has 6 nitrogen and oxygen atoms in total. The number of allylic oxidation sites excluding steroid dienone is 2. The first kappa shape index (κ1) is 24.3. The topological polar surface area (TPSA) is 95.9 Å². The van der Waals surface area contributed by atoms with Gasteiger partial charge in [-0.3, -0.25) is 4.79 Å². The highest BCUT2D eigenvalue weighted by atomic mass is 16.6. The van der Waals surface area contributed by atoms with Crippen LogP contribution in [0.15, 0.2) is 60.2 Å². The predicted molar refractivity (Wildman–Crippen MR) is 130 cm³/mol.